The van der Waals surface area contributed by atoms with Crippen LogP contribution in [0.2, 0.25) is 5.02 Å². The van der Waals surface area contributed by atoms with Gasteiger partial charge in [-0.05, 0) is 61.4 Å². The van der Waals surface area contributed by atoms with Crippen LogP contribution in [0.3, 0.4) is 0 Å². The van der Waals surface area contributed by atoms with E-state index in [0.29, 0.717) is 22.5 Å². The molecule has 2 aromatic rings. The summed E-state index contributed by atoms with van der Waals surface area (Å²) >= 11 is 6.51. The van der Waals surface area contributed by atoms with Gasteiger partial charge in [-0.2, -0.15) is 5.26 Å². The summed E-state index contributed by atoms with van der Waals surface area (Å²) in [6, 6.07) is 10.6. The number of anilines is 2. The van der Waals surface area contributed by atoms with Crippen LogP contribution in [0, 0.1) is 17.2 Å². The Morgan fingerprint density at radius 3 is 2.63 bits per heavy atom. The predicted molar refractivity (Wildman–Crippen MR) is 122 cm³/mol. The number of nitriles is 1. The number of pyridine rings is 1. The van der Waals surface area contributed by atoms with Gasteiger partial charge in [-0.1, -0.05) is 30.9 Å². The molecule has 2 N–H and O–H groups in total. The fraction of sp³-hybridized carbons (Fsp3) is 0.500. The number of hydrogen-bond acceptors (Lipinski definition) is 5. The highest BCUT2D eigenvalue weighted by atomic mass is 35.5. The molecule has 0 radical (unpaired) electrons. The molecule has 6 heteroatoms. The smallest absolute Gasteiger partial charge is 0.126 e. The molecule has 1 aliphatic carbocycles. The normalized spacial score (nSPS) is 18.0. The van der Waals surface area contributed by atoms with E-state index in [9.17, 15) is 5.26 Å². The van der Waals surface area contributed by atoms with Crippen molar-refractivity contribution >= 4 is 23.1 Å². The number of ether oxygens (including phenoxy) is 1. The van der Waals surface area contributed by atoms with Gasteiger partial charge in [0.1, 0.15) is 5.82 Å². The lowest BCUT2D eigenvalue weighted by atomic mass is 9.95. The van der Waals surface area contributed by atoms with E-state index >= 15 is 0 Å². The third-order valence-electron chi connectivity index (χ3n) is 6.12. The topological polar surface area (TPSA) is 70.0 Å². The average molecular weight is 425 g/mol. The van der Waals surface area contributed by atoms with Gasteiger partial charge in [-0.15, -0.1) is 0 Å². The first-order valence-corrected chi connectivity index (χ1v) is 11.4. The second-order valence-corrected chi connectivity index (χ2v) is 8.78. The van der Waals surface area contributed by atoms with E-state index in [4.69, 9.17) is 16.3 Å². The van der Waals surface area contributed by atoms with Gasteiger partial charge in [0.25, 0.3) is 0 Å². The zero-order chi connectivity index (χ0) is 20.8. The molecule has 2 fully saturated rings. The van der Waals surface area contributed by atoms with E-state index in [1.54, 1.807) is 6.20 Å². The second kappa shape index (κ2) is 10.1. The Morgan fingerprint density at radius 2 is 1.87 bits per heavy atom. The SMILES string of the molecule is N#Cc1cc(NCC2CCOCC2)cc(-c2cc(NC3CCCCC3)ncc2Cl)c1. The molecule has 1 saturated heterocycles. The maximum absolute atomic E-state index is 9.54. The van der Waals surface area contributed by atoms with Crippen LogP contribution in [0.25, 0.3) is 11.1 Å². The predicted octanol–water partition coefficient (Wildman–Crippen LogP) is 5.86. The molecule has 1 aromatic carbocycles. The molecule has 2 aliphatic rings. The number of nitrogens with zero attached hydrogens (tertiary/aromatic N) is 2. The van der Waals surface area contributed by atoms with Crippen LogP contribution in [0.15, 0.2) is 30.5 Å². The van der Waals surface area contributed by atoms with Gasteiger partial charge in [-0.3, -0.25) is 0 Å². The number of halogens is 1. The monoisotopic (exact) mass is 424 g/mol. The zero-order valence-corrected chi connectivity index (χ0v) is 18.0. The van der Waals surface area contributed by atoms with Crippen LogP contribution >= 0.6 is 11.6 Å². The number of rotatable bonds is 6. The quantitative estimate of drug-likeness (QED) is 0.608. The summed E-state index contributed by atoms with van der Waals surface area (Å²) in [6.07, 6.45) is 10.1. The van der Waals surface area contributed by atoms with Crippen molar-refractivity contribution < 1.29 is 4.74 Å². The summed E-state index contributed by atoms with van der Waals surface area (Å²) in [4.78, 5) is 4.49. The molecule has 0 amide bonds. The van der Waals surface area contributed by atoms with Crippen molar-refractivity contribution in [1.82, 2.24) is 4.98 Å². The van der Waals surface area contributed by atoms with Gasteiger partial charge in [0.05, 0.1) is 16.7 Å². The lowest BCUT2D eigenvalue weighted by Crippen LogP contribution is -2.22. The van der Waals surface area contributed by atoms with Gasteiger partial charge < -0.3 is 15.4 Å². The van der Waals surface area contributed by atoms with Crippen LogP contribution in [0.1, 0.15) is 50.5 Å². The van der Waals surface area contributed by atoms with Crippen molar-refractivity contribution in [2.24, 2.45) is 5.92 Å². The summed E-state index contributed by atoms with van der Waals surface area (Å²) in [7, 11) is 0. The number of benzene rings is 1. The Kier molecular flexibility index (Phi) is 7.09. The van der Waals surface area contributed by atoms with Crippen LogP contribution in [0.5, 0.6) is 0 Å². The number of aromatic nitrogens is 1. The molecule has 0 spiro atoms. The van der Waals surface area contributed by atoms with Crippen LogP contribution in [-0.4, -0.2) is 30.8 Å². The first-order valence-electron chi connectivity index (χ1n) is 11.0. The van der Waals surface area contributed by atoms with Gasteiger partial charge in [0, 0.05) is 43.2 Å². The van der Waals surface area contributed by atoms with E-state index in [-0.39, 0.29) is 0 Å². The molecule has 0 bridgehead atoms. The minimum absolute atomic E-state index is 0.474. The van der Waals surface area contributed by atoms with Crippen molar-refractivity contribution in [3.63, 3.8) is 0 Å². The molecule has 2 heterocycles. The number of hydrogen-bond donors (Lipinski definition) is 2. The van der Waals surface area contributed by atoms with Crippen LogP contribution in [0.4, 0.5) is 11.5 Å². The van der Waals surface area contributed by atoms with Crippen LogP contribution < -0.4 is 10.6 Å². The highest BCUT2D eigenvalue weighted by molar-refractivity contribution is 6.33. The Balaban J connectivity index is 1.54. The zero-order valence-electron chi connectivity index (χ0n) is 17.3. The summed E-state index contributed by atoms with van der Waals surface area (Å²) in [5.41, 5.74) is 3.40. The summed E-state index contributed by atoms with van der Waals surface area (Å²) in [6.45, 7) is 2.55. The minimum Gasteiger partial charge on any atom is -0.385 e. The molecular formula is C24H29ClN4O. The summed E-state index contributed by atoms with van der Waals surface area (Å²) in [5, 5.41) is 17.2. The van der Waals surface area contributed by atoms with Gasteiger partial charge in [-0.25, -0.2) is 4.98 Å². The van der Waals surface area contributed by atoms with E-state index in [0.717, 1.165) is 55.2 Å². The fourth-order valence-corrected chi connectivity index (χ4v) is 4.57. The van der Waals surface area contributed by atoms with Crippen molar-refractivity contribution in [2.45, 2.75) is 51.0 Å². The van der Waals surface area contributed by atoms with Gasteiger partial charge in [0.2, 0.25) is 0 Å². The molecule has 1 aromatic heterocycles. The molecular weight excluding hydrogens is 396 g/mol. The number of nitrogens with one attached hydrogen (secondary N) is 2. The molecule has 4 rings (SSSR count). The molecule has 0 unspecified atom stereocenters. The van der Waals surface area contributed by atoms with E-state index in [1.807, 2.05) is 18.2 Å². The van der Waals surface area contributed by atoms with Crippen LogP contribution in [-0.2, 0) is 4.74 Å². The second-order valence-electron chi connectivity index (χ2n) is 8.38. The lowest BCUT2D eigenvalue weighted by Gasteiger charge is -2.24. The Morgan fingerprint density at radius 1 is 1.07 bits per heavy atom. The highest BCUT2D eigenvalue weighted by Crippen LogP contribution is 2.33. The first-order chi connectivity index (χ1) is 14.7. The summed E-state index contributed by atoms with van der Waals surface area (Å²) in [5.74, 6) is 1.45. The third-order valence-corrected chi connectivity index (χ3v) is 6.42. The average Bonchev–Trinajstić information content (AvgIpc) is 2.80. The minimum atomic E-state index is 0.474. The van der Waals surface area contributed by atoms with Crippen molar-refractivity contribution in [2.75, 3.05) is 30.4 Å². The maximum Gasteiger partial charge on any atom is 0.126 e. The lowest BCUT2D eigenvalue weighted by molar-refractivity contribution is 0.0699. The Hall–Kier alpha value is -2.29. The van der Waals surface area contributed by atoms with E-state index < -0.39 is 0 Å². The Bertz CT molecular complexity index is 899. The van der Waals surface area contributed by atoms with Crippen molar-refractivity contribution in [3.8, 4) is 17.2 Å². The Labute approximate surface area is 183 Å². The van der Waals surface area contributed by atoms with E-state index in [2.05, 4.69) is 27.8 Å². The highest BCUT2D eigenvalue weighted by Gasteiger charge is 2.16. The van der Waals surface area contributed by atoms with Crippen molar-refractivity contribution in [1.29, 1.82) is 5.26 Å². The molecule has 1 saturated carbocycles. The van der Waals surface area contributed by atoms with Gasteiger partial charge in [0.15, 0.2) is 0 Å². The largest absolute Gasteiger partial charge is 0.385 e. The standard InChI is InChI=1S/C24H29ClN4O/c25-23-16-28-24(29-20-4-2-1-3-5-20)13-22(23)19-10-18(14-26)11-21(12-19)27-15-17-6-8-30-9-7-17/h10-13,16-17,20,27H,1-9,15H2,(H,28,29). The first kappa shape index (κ1) is 21.0. The van der Waals surface area contributed by atoms with Crippen molar-refractivity contribution in [3.05, 3.63) is 41.0 Å². The fourth-order valence-electron chi connectivity index (χ4n) is 4.36. The molecule has 5 nitrogen and oxygen atoms in total. The molecule has 30 heavy (non-hydrogen) atoms. The molecule has 0 atom stereocenters. The molecule has 158 valence electrons. The van der Waals surface area contributed by atoms with E-state index in [1.165, 1.54) is 32.1 Å². The maximum atomic E-state index is 9.54. The van der Waals surface area contributed by atoms with Gasteiger partial charge >= 0.3 is 0 Å². The summed E-state index contributed by atoms with van der Waals surface area (Å²) < 4.78 is 5.45. The molecule has 1 aliphatic heterocycles. The third kappa shape index (κ3) is 5.44.